The quantitative estimate of drug-likeness (QED) is 0.787. The monoisotopic (exact) mass is 359 g/mol. The molecular weight excluding hydrogens is 337 g/mol. The van der Waals surface area contributed by atoms with Crippen LogP contribution < -0.4 is 5.32 Å². The fourth-order valence-corrected chi connectivity index (χ4v) is 3.31. The van der Waals surface area contributed by atoms with Gasteiger partial charge < -0.3 is 10.1 Å². The second kappa shape index (κ2) is 9.26. The van der Waals surface area contributed by atoms with Crippen molar-refractivity contribution < 1.29 is 14.3 Å². The van der Waals surface area contributed by atoms with Gasteiger partial charge in [-0.1, -0.05) is 36.2 Å². The maximum Gasteiger partial charge on any atom is 0.307 e. The van der Waals surface area contributed by atoms with Crippen LogP contribution in [0.2, 0.25) is 5.02 Å². The van der Waals surface area contributed by atoms with Crippen LogP contribution in [0.1, 0.15) is 44.6 Å². The molecule has 4 nitrogen and oxygen atoms in total. The van der Waals surface area contributed by atoms with E-state index in [4.69, 9.17) is 16.3 Å². The molecule has 0 saturated heterocycles. The lowest BCUT2D eigenvalue weighted by Crippen LogP contribution is -2.51. The first-order chi connectivity index (χ1) is 10.6. The average molecular weight is 360 g/mol. The fourth-order valence-electron chi connectivity index (χ4n) is 3.01. The number of benzene rings is 1. The van der Waals surface area contributed by atoms with Gasteiger partial charge in [-0.05, 0) is 31.4 Å². The molecule has 1 aliphatic carbocycles. The van der Waals surface area contributed by atoms with E-state index >= 15 is 0 Å². The molecule has 0 heterocycles. The standard InChI is InChI=1S/C17H22ClNO3.ClH/c1-2-22-16(21)10-12-19-17(11-6-5-9-15(17)20)13-7-3-4-8-14(13)18;/h3-4,7-8,19H,2,5-6,9-12H2,1H3;1H/t17-;/m0./s1. The van der Waals surface area contributed by atoms with Gasteiger partial charge in [-0.25, -0.2) is 0 Å². The predicted octanol–water partition coefficient (Wildman–Crippen LogP) is 3.64. The Hall–Kier alpha value is -1.10. The lowest BCUT2D eigenvalue weighted by atomic mass is 9.75. The topological polar surface area (TPSA) is 55.4 Å². The van der Waals surface area contributed by atoms with E-state index in [1.165, 1.54) is 0 Å². The Bertz CT molecular complexity index is 550. The third kappa shape index (κ3) is 4.69. The number of hydrogen-bond acceptors (Lipinski definition) is 4. The first-order valence-corrected chi connectivity index (χ1v) is 8.17. The Morgan fingerprint density at radius 2 is 2.09 bits per heavy atom. The van der Waals surface area contributed by atoms with E-state index in [0.717, 1.165) is 18.4 Å². The molecule has 2 rings (SSSR count). The van der Waals surface area contributed by atoms with Crippen molar-refractivity contribution in [1.29, 1.82) is 0 Å². The Kier molecular flexibility index (Phi) is 8.03. The molecule has 1 fully saturated rings. The molecule has 0 bridgehead atoms. The van der Waals surface area contributed by atoms with Crippen LogP contribution in [-0.4, -0.2) is 24.9 Å². The minimum absolute atomic E-state index is 0. The number of ether oxygens (including phenoxy) is 1. The third-order valence-electron chi connectivity index (χ3n) is 4.08. The summed E-state index contributed by atoms with van der Waals surface area (Å²) in [7, 11) is 0. The van der Waals surface area contributed by atoms with Crippen molar-refractivity contribution >= 4 is 35.8 Å². The lowest BCUT2D eigenvalue weighted by molar-refractivity contribution is -0.143. The Morgan fingerprint density at radius 3 is 2.74 bits per heavy atom. The van der Waals surface area contributed by atoms with Gasteiger partial charge in [0.1, 0.15) is 5.54 Å². The molecule has 128 valence electrons. The van der Waals surface area contributed by atoms with Gasteiger partial charge in [0.15, 0.2) is 5.78 Å². The van der Waals surface area contributed by atoms with E-state index in [-0.39, 0.29) is 30.6 Å². The fraction of sp³-hybridized carbons (Fsp3) is 0.529. The molecule has 6 heteroatoms. The summed E-state index contributed by atoms with van der Waals surface area (Å²) >= 11 is 6.32. The van der Waals surface area contributed by atoms with Crippen molar-refractivity contribution in [2.45, 2.75) is 44.6 Å². The highest BCUT2D eigenvalue weighted by Crippen LogP contribution is 2.37. The molecule has 23 heavy (non-hydrogen) atoms. The largest absolute Gasteiger partial charge is 0.466 e. The molecule has 0 spiro atoms. The van der Waals surface area contributed by atoms with E-state index in [1.54, 1.807) is 13.0 Å². The molecular formula is C17H23Cl2NO3. The molecule has 1 N–H and O–H groups in total. The smallest absolute Gasteiger partial charge is 0.307 e. The van der Waals surface area contributed by atoms with Crippen molar-refractivity contribution in [2.75, 3.05) is 13.2 Å². The molecule has 1 aromatic carbocycles. The minimum Gasteiger partial charge on any atom is -0.466 e. The molecule has 1 saturated carbocycles. The third-order valence-corrected chi connectivity index (χ3v) is 4.41. The van der Waals surface area contributed by atoms with E-state index in [1.807, 2.05) is 18.2 Å². The summed E-state index contributed by atoms with van der Waals surface area (Å²) in [5.74, 6) is -0.108. The molecule has 1 aromatic rings. The van der Waals surface area contributed by atoms with Crippen molar-refractivity contribution in [3.63, 3.8) is 0 Å². The van der Waals surface area contributed by atoms with Gasteiger partial charge in [0.25, 0.3) is 0 Å². The molecule has 0 aromatic heterocycles. The first kappa shape index (κ1) is 19.9. The van der Waals surface area contributed by atoms with Crippen molar-refractivity contribution in [3.05, 3.63) is 34.9 Å². The highest BCUT2D eigenvalue weighted by atomic mass is 35.5. The molecule has 0 amide bonds. The number of Topliss-reactive ketones (excluding diaryl/α,β-unsaturated/α-hetero) is 1. The van der Waals surface area contributed by atoms with Crippen LogP contribution >= 0.6 is 24.0 Å². The van der Waals surface area contributed by atoms with E-state index in [2.05, 4.69) is 5.32 Å². The van der Waals surface area contributed by atoms with Gasteiger partial charge in [-0.15, -0.1) is 12.4 Å². The Balaban J connectivity index is 0.00000264. The van der Waals surface area contributed by atoms with Crippen LogP contribution in [0, 0.1) is 0 Å². The van der Waals surface area contributed by atoms with Crippen LogP contribution in [0.15, 0.2) is 24.3 Å². The highest BCUT2D eigenvalue weighted by molar-refractivity contribution is 6.31. The highest BCUT2D eigenvalue weighted by Gasteiger charge is 2.42. The number of rotatable bonds is 6. The number of hydrogen-bond donors (Lipinski definition) is 1. The lowest BCUT2D eigenvalue weighted by Gasteiger charge is -2.37. The number of nitrogens with one attached hydrogen (secondary N) is 1. The minimum atomic E-state index is -0.775. The van der Waals surface area contributed by atoms with Gasteiger partial charge in [-0.2, -0.15) is 0 Å². The zero-order chi connectivity index (χ0) is 16.0. The van der Waals surface area contributed by atoms with Crippen molar-refractivity contribution in [3.8, 4) is 0 Å². The SMILES string of the molecule is CCOC(=O)CCN[C@]1(c2ccccc2Cl)CCCCC1=O.Cl. The molecule has 1 atom stereocenters. The van der Waals surface area contributed by atoms with Crippen LogP contribution in [0.3, 0.4) is 0 Å². The number of halogens is 2. The number of esters is 1. The summed E-state index contributed by atoms with van der Waals surface area (Å²) in [6, 6.07) is 7.43. The maximum atomic E-state index is 12.6. The summed E-state index contributed by atoms with van der Waals surface area (Å²) in [5, 5.41) is 3.88. The van der Waals surface area contributed by atoms with Gasteiger partial charge in [0.2, 0.25) is 0 Å². The number of ketones is 1. The van der Waals surface area contributed by atoms with Gasteiger partial charge in [0, 0.05) is 18.0 Å². The van der Waals surface area contributed by atoms with Crippen LogP contribution in [0.5, 0.6) is 0 Å². The predicted molar refractivity (Wildman–Crippen MR) is 93.1 cm³/mol. The van der Waals surface area contributed by atoms with Crippen molar-refractivity contribution in [1.82, 2.24) is 5.32 Å². The van der Waals surface area contributed by atoms with Gasteiger partial charge in [0.05, 0.1) is 13.0 Å². The van der Waals surface area contributed by atoms with E-state index in [0.29, 0.717) is 31.0 Å². The zero-order valence-electron chi connectivity index (χ0n) is 13.3. The number of carbonyl (C=O) groups excluding carboxylic acids is 2. The summed E-state index contributed by atoms with van der Waals surface area (Å²) in [6.07, 6.45) is 3.36. The van der Waals surface area contributed by atoms with Gasteiger partial charge >= 0.3 is 5.97 Å². The molecule has 0 aliphatic heterocycles. The first-order valence-electron chi connectivity index (χ1n) is 7.79. The number of carbonyl (C=O) groups is 2. The Morgan fingerprint density at radius 1 is 1.35 bits per heavy atom. The molecule has 1 aliphatic rings. The van der Waals surface area contributed by atoms with Crippen molar-refractivity contribution in [2.24, 2.45) is 0 Å². The molecule has 0 radical (unpaired) electrons. The summed E-state index contributed by atoms with van der Waals surface area (Å²) in [5.41, 5.74) is 0.0357. The van der Waals surface area contributed by atoms with Gasteiger partial charge in [-0.3, -0.25) is 9.59 Å². The average Bonchev–Trinajstić information content (AvgIpc) is 2.50. The van der Waals surface area contributed by atoms with Crippen LogP contribution in [0.4, 0.5) is 0 Å². The van der Waals surface area contributed by atoms with E-state index < -0.39 is 5.54 Å². The van der Waals surface area contributed by atoms with Crippen LogP contribution in [0.25, 0.3) is 0 Å². The van der Waals surface area contributed by atoms with Crippen LogP contribution in [-0.2, 0) is 19.9 Å². The second-order valence-corrected chi connectivity index (χ2v) is 5.90. The summed E-state index contributed by atoms with van der Waals surface area (Å²) < 4.78 is 4.93. The zero-order valence-corrected chi connectivity index (χ0v) is 14.8. The Labute approximate surface area is 148 Å². The normalized spacial score (nSPS) is 20.7. The second-order valence-electron chi connectivity index (χ2n) is 5.50. The summed E-state index contributed by atoms with van der Waals surface area (Å²) in [4.78, 5) is 24.1. The maximum absolute atomic E-state index is 12.6. The molecule has 0 unspecified atom stereocenters. The van der Waals surface area contributed by atoms with E-state index in [9.17, 15) is 9.59 Å². The summed E-state index contributed by atoms with van der Waals surface area (Å²) in [6.45, 7) is 2.55.